The topological polar surface area (TPSA) is 75.2 Å². The fourth-order valence-corrected chi connectivity index (χ4v) is 0.982. The molecule has 2 N–H and O–H groups in total. The number of hydrogen-bond acceptors (Lipinski definition) is 5. The zero-order valence-electron chi connectivity index (χ0n) is 8.56. The number of aromatic nitrogens is 3. The molecular weight excluding hydrogens is 184 g/mol. The van der Waals surface area contributed by atoms with Crippen LogP contribution in [-0.2, 0) is 16.0 Å². The molecule has 0 bridgehead atoms. The van der Waals surface area contributed by atoms with Gasteiger partial charge >= 0.3 is 0 Å². The molecule has 0 amide bonds. The van der Waals surface area contributed by atoms with E-state index in [0.717, 1.165) is 5.69 Å². The average molecular weight is 200 g/mol. The Morgan fingerprint density at radius 3 is 2.71 bits per heavy atom. The van der Waals surface area contributed by atoms with E-state index < -0.39 is 0 Å². The summed E-state index contributed by atoms with van der Waals surface area (Å²) in [7, 11) is 1.64. The van der Waals surface area contributed by atoms with E-state index in [0.29, 0.717) is 32.2 Å². The largest absolute Gasteiger partial charge is 0.382 e. The minimum absolute atomic E-state index is 0.474. The molecule has 0 saturated carbocycles. The third-order valence-electron chi connectivity index (χ3n) is 1.90. The molecule has 14 heavy (non-hydrogen) atoms. The summed E-state index contributed by atoms with van der Waals surface area (Å²) in [6, 6.07) is 0. The van der Waals surface area contributed by atoms with Gasteiger partial charge in [0.2, 0.25) is 0 Å². The van der Waals surface area contributed by atoms with Crippen LogP contribution in [0.5, 0.6) is 0 Å². The highest BCUT2D eigenvalue weighted by atomic mass is 16.5. The predicted octanol–water partition coefficient (Wildman–Crippen LogP) is -0.168. The molecule has 0 fully saturated rings. The number of nitrogens with two attached hydrogens (primary N) is 1. The highest BCUT2D eigenvalue weighted by Crippen LogP contribution is 2.03. The van der Waals surface area contributed by atoms with Gasteiger partial charge in [-0.05, 0) is 6.92 Å². The molecule has 0 atom stereocenters. The van der Waals surface area contributed by atoms with Gasteiger partial charge in [0, 0.05) is 7.11 Å². The van der Waals surface area contributed by atoms with Crippen molar-refractivity contribution < 1.29 is 9.47 Å². The van der Waals surface area contributed by atoms with Gasteiger partial charge in [0.15, 0.2) is 5.82 Å². The lowest BCUT2D eigenvalue weighted by Crippen LogP contribution is -2.11. The van der Waals surface area contributed by atoms with Crippen LogP contribution in [0.4, 0.5) is 5.82 Å². The number of nitrogens with zero attached hydrogens (tertiary/aromatic N) is 3. The van der Waals surface area contributed by atoms with Crippen LogP contribution in [0.3, 0.4) is 0 Å². The molecule has 0 saturated heterocycles. The Morgan fingerprint density at radius 2 is 2.14 bits per heavy atom. The molecule has 0 unspecified atom stereocenters. The van der Waals surface area contributed by atoms with Crippen molar-refractivity contribution in [3.63, 3.8) is 0 Å². The molecule has 6 nitrogen and oxygen atoms in total. The molecule has 6 heteroatoms. The van der Waals surface area contributed by atoms with E-state index in [1.165, 1.54) is 0 Å². The Morgan fingerprint density at radius 1 is 1.36 bits per heavy atom. The standard InChI is InChI=1S/C8H16N4O2/c1-7-8(9)10-11-12(7)3-4-14-6-5-13-2/h3-6,9H2,1-2H3. The van der Waals surface area contributed by atoms with Crippen molar-refractivity contribution in [2.45, 2.75) is 13.5 Å². The van der Waals surface area contributed by atoms with E-state index in [4.69, 9.17) is 15.2 Å². The molecule has 80 valence electrons. The summed E-state index contributed by atoms with van der Waals surface area (Å²) in [6.45, 7) is 4.34. The minimum Gasteiger partial charge on any atom is -0.382 e. The Labute approximate surface area is 83.0 Å². The van der Waals surface area contributed by atoms with Gasteiger partial charge in [-0.15, -0.1) is 5.10 Å². The van der Waals surface area contributed by atoms with Crippen molar-refractivity contribution in [2.24, 2.45) is 0 Å². The van der Waals surface area contributed by atoms with Crippen LogP contribution in [0.15, 0.2) is 0 Å². The van der Waals surface area contributed by atoms with E-state index in [-0.39, 0.29) is 0 Å². The van der Waals surface area contributed by atoms with E-state index >= 15 is 0 Å². The third kappa shape index (κ3) is 2.97. The van der Waals surface area contributed by atoms with Crippen LogP contribution in [0.2, 0.25) is 0 Å². The first-order valence-corrected chi connectivity index (χ1v) is 4.48. The number of anilines is 1. The predicted molar refractivity (Wildman–Crippen MR) is 51.9 cm³/mol. The van der Waals surface area contributed by atoms with Crippen LogP contribution >= 0.6 is 0 Å². The lowest BCUT2D eigenvalue weighted by molar-refractivity contribution is 0.0650. The fourth-order valence-electron chi connectivity index (χ4n) is 0.982. The lowest BCUT2D eigenvalue weighted by atomic mass is 10.5. The Kier molecular flexibility index (Phi) is 4.34. The van der Waals surface area contributed by atoms with E-state index in [1.807, 2.05) is 6.92 Å². The van der Waals surface area contributed by atoms with Gasteiger partial charge < -0.3 is 15.2 Å². The number of methoxy groups -OCH3 is 1. The molecule has 0 aliphatic heterocycles. The van der Waals surface area contributed by atoms with Gasteiger partial charge in [0.25, 0.3) is 0 Å². The Bertz CT molecular complexity index is 274. The molecule has 0 radical (unpaired) electrons. The van der Waals surface area contributed by atoms with Crippen molar-refractivity contribution >= 4 is 5.82 Å². The highest BCUT2D eigenvalue weighted by Gasteiger charge is 2.03. The summed E-state index contributed by atoms with van der Waals surface area (Å²) in [5.41, 5.74) is 6.41. The molecule has 0 aromatic carbocycles. The van der Waals surface area contributed by atoms with Crippen LogP contribution in [0, 0.1) is 6.92 Å². The average Bonchev–Trinajstić information content (AvgIpc) is 2.49. The zero-order chi connectivity index (χ0) is 10.4. The Balaban J connectivity index is 2.21. The van der Waals surface area contributed by atoms with Gasteiger partial charge in [0.1, 0.15) is 0 Å². The number of nitrogen functional groups attached to an aromatic ring is 1. The molecule has 0 spiro atoms. The summed E-state index contributed by atoms with van der Waals surface area (Å²) < 4.78 is 11.9. The normalized spacial score (nSPS) is 10.7. The van der Waals surface area contributed by atoms with Gasteiger partial charge in [-0.25, -0.2) is 4.68 Å². The van der Waals surface area contributed by atoms with Crippen molar-refractivity contribution in [3.8, 4) is 0 Å². The van der Waals surface area contributed by atoms with Gasteiger partial charge in [0.05, 0.1) is 32.1 Å². The lowest BCUT2D eigenvalue weighted by Gasteiger charge is -2.04. The van der Waals surface area contributed by atoms with Gasteiger partial charge in [-0.1, -0.05) is 5.21 Å². The maximum atomic E-state index is 5.54. The smallest absolute Gasteiger partial charge is 0.168 e. The Hall–Kier alpha value is -1.14. The van der Waals surface area contributed by atoms with Crippen molar-refractivity contribution in [3.05, 3.63) is 5.69 Å². The summed E-state index contributed by atoms with van der Waals surface area (Å²) in [5.74, 6) is 0.474. The quantitative estimate of drug-likeness (QED) is 0.645. The van der Waals surface area contributed by atoms with E-state index in [2.05, 4.69) is 10.3 Å². The monoisotopic (exact) mass is 200 g/mol. The van der Waals surface area contributed by atoms with Crippen molar-refractivity contribution in [1.29, 1.82) is 0 Å². The van der Waals surface area contributed by atoms with E-state index in [9.17, 15) is 0 Å². The zero-order valence-corrected chi connectivity index (χ0v) is 8.56. The highest BCUT2D eigenvalue weighted by molar-refractivity contribution is 5.31. The fraction of sp³-hybridized carbons (Fsp3) is 0.750. The summed E-state index contributed by atoms with van der Waals surface area (Å²) in [5, 5.41) is 7.61. The second kappa shape index (κ2) is 5.56. The summed E-state index contributed by atoms with van der Waals surface area (Å²) in [4.78, 5) is 0. The van der Waals surface area contributed by atoms with Crippen LogP contribution < -0.4 is 5.73 Å². The van der Waals surface area contributed by atoms with Crippen molar-refractivity contribution in [1.82, 2.24) is 15.0 Å². The molecule has 0 aliphatic carbocycles. The van der Waals surface area contributed by atoms with Crippen LogP contribution in [0.25, 0.3) is 0 Å². The maximum absolute atomic E-state index is 5.54. The maximum Gasteiger partial charge on any atom is 0.168 e. The first-order valence-electron chi connectivity index (χ1n) is 4.48. The first kappa shape index (κ1) is 10.9. The minimum atomic E-state index is 0.474. The SMILES string of the molecule is COCCOCCn1nnc(N)c1C. The molecule has 1 heterocycles. The summed E-state index contributed by atoms with van der Waals surface area (Å²) in [6.07, 6.45) is 0. The van der Waals surface area contributed by atoms with Crippen LogP contribution in [-0.4, -0.2) is 41.9 Å². The molecule has 1 rings (SSSR count). The molecular formula is C8H16N4O2. The second-order valence-corrected chi connectivity index (χ2v) is 2.89. The molecule has 0 aliphatic rings. The molecule has 1 aromatic rings. The number of rotatable bonds is 6. The van der Waals surface area contributed by atoms with Crippen LogP contribution in [0.1, 0.15) is 5.69 Å². The number of hydrogen-bond donors (Lipinski definition) is 1. The van der Waals surface area contributed by atoms with Gasteiger partial charge in [-0.2, -0.15) is 0 Å². The van der Waals surface area contributed by atoms with Gasteiger partial charge in [-0.3, -0.25) is 0 Å². The first-order chi connectivity index (χ1) is 6.75. The third-order valence-corrected chi connectivity index (χ3v) is 1.90. The summed E-state index contributed by atoms with van der Waals surface area (Å²) >= 11 is 0. The van der Waals surface area contributed by atoms with Crippen molar-refractivity contribution in [2.75, 3.05) is 32.7 Å². The van der Waals surface area contributed by atoms with E-state index in [1.54, 1.807) is 11.8 Å². The molecule has 1 aromatic heterocycles. The second-order valence-electron chi connectivity index (χ2n) is 2.89. The number of ether oxygens (including phenoxy) is 2.